The first-order valence-corrected chi connectivity index (χ1v) is 8.66. The van der Waals surface area contributed by atoms with E-state index in [0.29, 0.717) is 36.5 Å². The van der Waals surface area contributed by atoms with Crippen LogP contribution >= 0.6 is 11.6 Å². The lowest BCUT2D eigenvalue weighted by Gasteiger charge is -2.30. The van der Waals surface area contributed by atoms with Gasteiger partial charge in [-0.1, -0.05) is 17.7 Å². The van der Waals surface area contributed by atoms with Crippen molar-refractivity contribution in [2.75, 3.05) is 20.1 Å². The lowest BCUT2D eigenvalue weighted by atomic mass is 9.97. The minimum absolute atomic E-state index is 0.0222. The first kappa shape index (κ1) is 16.3. The van der Waals surface area contributed by atoms with Crippen molar-refractivity contribution in [2.24, 2.45) is 5.92 Å². The minimum atomic E-state index is -3.55. The molecule has 0 aromatic heterocycles. The second-order valence-electron chi connectivity index (χ2n) is 5.16. The maximum atomic E-state index is 12.7. The Labute approximate surface area is 130 Å². The smallest absolute Gasteiger partial charge is 0.243 e. The molecule has 0 radical (unpaired) electrons. The van der Waals surface area contributed by atoms with Crippen LogP contribution in [0.1, 0.15) is 18.4 Å². The number of hydrogen-bond acceptors (Lipinski definition) is 3. The van der Waals surface area contributed by atoms with Gasteiger partial charge in [0.15, 0.2) is 0 Å². The fourth-order valence-electron chi connectivity index (χ4n) is 2.57. The van der Waals surface area contributed by atoms with E-state index in [1.807, 2.05) is 0 Å². The SMILES string of the molecule is CNC(=O)C1CCN(S(=O)(=O)c2cccc(Cl)c2C)CC1. The molecule has 1 aliphatic rings. The van der Waals surface area contributed by atoms with Gasteiger partial charge in [0.05, 0.1) is 4.90 Å². The van der Waals surface area contributed by atoms with Gasteiger partial charge >= 0.3 is 0 Å². The van der Waals surface area contributed by atoms with Gasteiger partial charge in [-0.2, -0.15) is 4.31 Å². The van der Waals surface area contributed by atoms with E-state index in [0.717, 1.165) is 0 Å². The number of amides is 1. The van der Waals surface area contributed by atoms with Gasteiger partial charge < -0.3 is 5.32 Å². The van der Waals surface area contributed by atoms with Gasteiger partial charge in [0, 0.05) is 31.1 Å². The Morgan fingerprint density at radius 1 is 1.33 bits per heavy atom. The molecule has 0 bridgehead atoms. The predicted molar refractivity (Wildman–Crippen MR) is 81.7 cm³/mol. The molecule has 1 amide bonds. The second-order valence-corrected chi connectivity index (χ2v) is 7.47. The molecule has 0 spiro atoms. The van der Waals surface area contributed by atoms with Gasteiger partial charge in [-0.15, -0.1) is 0 Å². The third kappa shape index (κ3) is 3.22. The molecule has 5 nitrogen and oxygen atoms in total. The van der Waals surface area contributed by atoms with Crippen LogP contribution in [0.2, 0.25) is 5.02 Å². The lowest BCUT2D eigenvalue weighted by Crippen LogP contribution is -2.42. The fraction of sp³-hybridized carbons (Fsp3) is 0.500. The Morgan fingerprint density at radius 3 is 2.52 bits per heavy atom. The van der Waals surface area contributed by atoms with Gasteiger partial charge in [-0.3, -0.25) is 4.79 Å². The molecular formula is C14H19ClN2O3S. The zero-order valence-electron chi connectivity index (χ0n) is 12.1. The third-order valence-electron chi connectivity index (χ3n) is 3.91. The first-order valence-electron chi connectivity index (χ1n) is 6.84. The van der Waals surface area contributed by atoms with Gasteiger partial charge in [0.1, 0.15) is 0 Å². The number of halogens is 1. The number of nitrogens with zero attached hydrogens (tertiary/aromatic N) is 1. The monoisotopic (exact) mass is 330 g/mol. The average molecular weight is 331 g/mol. The summed E-state index contributed by atoms with van der Waals surface area (Å²) in [5.41, 5.74) is 0.563. The Kier molecular flexibility index (Phi) is 4.91. The summed E-state index contributed by atoms with van der Waals surface area (Å²) in [6.07, 6.45) is 1.08. The Bertz CT molecular complexity index is 638. The van der Waals surface area contributed by atoms with Crippen LogP contribution < -0.4 is 5.32 Å². The van der Waals surface area contributed by atoms with Crippen molar-refractivity contribution >= 4 is 27.5 Å². The van der Waals surface area contributed by atoms with Gasteiger partial charge in [-0.25, -0.2) is 8.42 Å². The van der Waals surface area contributed by atoms with E-state index >= 15 is 0 Å². The summed E-state index contributed by atoms with van der Waals surface area (Å²) in [6.45, 7) is 2.41. The molecule has 1 aromatic rings. The second kappa shape index (κ2) is 6.34. The van der Waals surface area contributed by atoms with Crippen LogP contribution in [0.3, 0.4) is 0 Å². The highest BCUT2D eigenvalue weighted by Gasteiger charge is 2.32. The van der Waals surface area contributed by atoms with Crippen LogP contribution in [0, 0.1) is 12.8 Å². The largest absolute Gasteiger partial charge is 0.359 e. The lowest BCUT2D eigenvalue weighted by molar-refractivity contribution is -0.125. The summed E-state index contributed by atoms with van der Waals surface area (Å²) in [5, 5.41) is 3.05. The van der Waals surface area contributed by atoms with E-state index < -0.39 is 10.0 Å². The maximum Gasteiger partial charge on any atom is 0.243 e. The third-order valence-corrected chi connectivity index (χ3v) is 6.36. The predicted octanol–water partition coefficient (Wildman–Crippen LogP) is 1.80. The number of carbonyl (C=O) groups is 1. The summed E-state index contributed by atoms with van der Waals surface area (Å²) < 4.78 is 26.8. The fourth-order valence-corrected chi connectivity index (χ4v) is 4.52. The topological polar surface area (TPSA) is 66.5 Å². The zero-order chi connectivity index (χ0) is 15.6. The molecule has 0 unspecified atom stereocenters. The van der Waals surface area contributed by atoms with E-state index in [2.05, 4.69) is 5.32 Å². The number of rotatable bonds is 3. The molecule has 1 aliphatic heterocycles. The number of sulfonamides is 1. The molecule has 7 heteroatoms. The zero-order valence-corrected chi connectivity index (χ0v) is 13.7. The Balaban J connectivity index is 2.19. The van der Waals surface area contributed by atoms with Crippen LogP contribution in [-0.2, 0) is 14.8 Å². The number of carbonyl (C=O) groups excluding carboxylic acids is 1. The van der Waals surface area contributed by atoms with Crippen LogP contribution in [-0.4, -0.2) is 38.8 Å². The minimum Gasteiger partial charge on any atom is -0.359 e. The van der Waals surface area contributed by atoms with E-state index in [1.165, 1.54) is 4.31 Å². The van der Waals surface area contributed by atoms with Crippen LogP contribution in [0.4, 0.5) is 0 Å². The summed E-state index contributed by atoms with van der Waals surface area (Å²) in [7, 11) is -1.96. The summed E-state index contributed by atoms with van der Waals surface area (Å²) >= 11 is 6.01. The quantitative estimate of drug-likeness (QED) is 0.919. The molecule has 0 saturated carbocycles. The molecule has 0 atom stereocenters. The number of nitrogens with one attached hydrogen (secondary N) is 1. The van der Waals surface area contributed by atoms with Crippen molar-refractivity contribution < 1.29 is 13.2 Å². The van der Waals surface area contributed by atoms with Crippen molar-refractivity contribution in [3.05, 3.63) is 28.8 Å². The number of piperidine rings is 1. The maximum absolute atomic E-state index is 12.7. The van der Waals surface area contributed by atoms with Crippen molar-refractivity contribution in [3.8, 4) is 0 Å². The Morgan fingerprint density at radius 2 is 1.95 bits per heavy atom. The molecule has 21 heavy (non-hydrogen) atoms. The van der Waals surface area contributed by atoms with Crippen LogP contribution in [0.15, 0.2) is 23.1 Å². The first-order chi connectivity index (χ1) is 9.87. The molecular weight excluding hydrogens is 312 g/mol. The van der Waals surface area contributed by atoms with E-state index in [4.69, 9.17) is 11.6 Å². The molecule has 0 aliphatic carbocycles. The number of hydrogen-bond donors (Lipinski definition) is 1. The highest BCUT2D eigenvalue weighted by Crippen LogP contribution is 2.28. The van der Waals surface area contributed by atoms with Crippen molar-refractivity contribution in [2.45, 2.75) is 24.7 Å². The molecule has 1 heterocycles. The summed E-state index contributed by atoms with van der Waals surface area (Å²) in [4.78, 5) is 11.8. The summed E-state index contributed by atoms with van der Waals surface area (Å²) in [6, 6.07) is 4.88. The highest BCUT2D eigenvalue weighted by molar-refractivity contribution is 7.89. The molecule has 1 fully saturated rings. The van der Waals surface area contributed by atoms with Gasteiger partial charge in [-0.05, 0) is 37.5 Å². The average Bonchev–Trinajstić information content (AvgIpc) is 2.49. The standard InChI is InChI=1S/C14H19ClN2O3S/c1-10-12(15)4-3-5-13(10)21(19,20)17-8-6-11(7-9-17)14(18)16-2/h3-5,11H,6-9H2,1-2H3,(H,16,18). The normalized spacial score (nSPS) is 17.7. The highest BCUT2D eigenvalue weighted by atomic mass is 35.5. The van der Waals surface area contributed by atoms with Gasteiger partial charge in [0.2, 0.25) is 15.9 Å². The van der Waals surface area contributed by atoms with Gasteiger partial charge in [0.25, 0.3) is 0 Å². The van der Waals surface area contributed by atoms with Crippen molar-refractivity contribution in [1.29, 1.82) is 0 Å². The molecule has 1 aromatic carbocycles. The number of benzene rings is 1. The van der Waals surface area contributed by atoms with Crippen LogP contribution in [0.25, 0.3) is 0 Å². The van der Waals surface area contributed by atoms with E-state index in [9.17, 15) is 13.2 Å². The summed E-state index contributed by atoms with van der Waals surface area (Å²) in [5.74, 6) is -0.132. The molecule has 2 rings (SSSR count). The Hall–Kier alpha value is -1.11. The van der Waals surface area contributed by atoms with Crippen molar-refractivity contribution in [3.63, 3.8) is 0 Å². The van der Waals surface area contributed by atoms with Crippen LogP contribution in [0.5, 0.6) is 0 Å². The van der Waals surface area contributed by atoms with E-state index in [-0.39, 0.29) is 16.7 Å². The molecule has 116 valence electrons. The van der Waals surface area contributed by atoms with Crippen molar-refractivity contribution in [1.82, 2.24) is 9.62 Å². The molecule has 1 saturated heterocycles. The molecule has 1 N–H and O–H groups in total. The van der Waals surface area contributed by atoms with E-state index in [1.54, 1.807) is 32.2 Å².